The van der Waals surface area contributed by atoms with Crippen LogP contribution >= 0.6 is 34.8 Å². The van der Waals surface area contributed by atoms with Gasteiger partial charge < -0.3 is 13.9 Å². The number of aromatic nitrogens is 6. The molecule has 38 heavy (non-hydrogen) atoms. The number of ether oxygens (including phenoxy) is 1. The number of methoxy groups -OCH3 is 1. The summed E-state index contributed by atoms with van der Waals surface area (Å²) >= 11 is 17.9. The SMILES string of the molecule is C.C.CC(C)CCn1c(C(Cl)(Cl)Cl)nc2cccnc21.COC(=O)c1nc2cccnc2n1CCC(C)C. The Morgan fingerprint density at radius 3 is 1.82 bits per heavy atom. The first-order valence-corrected chi connectivity index (χ1v) is 12.9. The van der Waals surface area contributed by atoms with E-state index >= 15 is 0 Å². The lowest BCUT2D eigenvalue weighted by Crippen LogP contribution is -2.13. The maximum Gasteiger partial charge on any atom is 0.374 e. The predicted molar refractivity (Wildman–Crippen MR) is 158 cm³/mol. The highest BCUT2D eigenvalue weighted by Gasteiger charge is 2.30. The third-order valence-electron chi connectivity index (χ3n) is 5.49. The maximum atomic E-state index is 11.7. The number of aryl methyl sites for hydroxylation is 2. The van der Waals surface area contributed by atoms with Crippen LogP contribution < -0.4 is 0 Å². The van der Waals surface area contributed by atoms with Crippen LogP contribution in [0.4, 0.5) is 0 Å². The number of alkyl halides is 3. The lowest BCUT2D eigenvalue weighted by Gasteiger charge is -2.14. The molecule has 11 heteroatoms. The van der Waals surface area contributed by atoms with Crippen LogP contribution in [0.2, 0.25) is 0 Å². The lowest BCUT2D eigenvalue weighted by atomic mass is 10.1. The Labute approximate surface area is 240 Å². The Balaban J connectivity index is 0.000000361. The molecule has 0 aromatic carbocycles. The van der Waals surface area contributed by atoms with E-state index in [1.165, 1.54) is 7.11 Å². The van der Waals surface area contributed by atoms with E-state index in [-0.39, 0.29) is 14.9 Å². The van der Waals surface area contributed by atoms with E-state index in [1.807, 2.05) is 33.4 Å². The summed E-state index contributed by atoms with van der Waals surface area (Å²) in [6.45, 7) is 10.1. The normalized spacial score (nSPS) is 11.2. The minimum absolute atomic E-state index is 0. The van der Waals surface area contributed by atoms with Crippen molar-refractivity contribution in [3.63, 3.8) is 0 Å². The van der Waals surface area contributed by atoms with Crippen molar-refractivity contribution in [1.82, 2.24) is 29.1 Å². The highest BCUT2D eigenvalue weighted by atomic mass is 35.6. The van der Waals surface area contributed by atoms with Crippen LogP contribution in [0.3, 0.4) is 0 Å². The average molecular weight is 586 g/mol. The molecule has 4 aromatic heterocycles. The van der Waals surface area contributed by atoms with E-state index in [1.54, 1.807) is 12.4 Å². The van der Waals surface area contributed by atoms with Gasteiger partial charge in [-0.2, -0.15) is 0 Å². The third kappa shape index (κ3) is 8.29. The molecule has 0 aliphatic heterocycles. The van der Waals surface area contributed by atoms with Crippen molar-refractivity contribution in [2.75, 3.05) is 7.11 Å². The summed E-state index contributed by atoms with van der Waals surface area (Å²) in [5, 5.41) is 0. The van der Waals surface area contributed by atoms with E-state index < -0.39 is 9.76 Å². The van der Waals surface area contributed by atoms with Gasteiger partial charge in [-0.1, -0.05) is 77.4 Å². The molecule has 0 amide bonds. The fourth-order valence-electron chi connectivity index (χ4n) is 3.58. The molecule has 0 saturated carbocycles. The number of rotatable bonds is 7. The maximum absolute atomic E-state index is 11.7. The van der Waals surface area contributed by atoms with Gasteiger partial charge in [0.15, 0.2) is 17.1 Å². The van der Waals surface area contributed by atoms with Gasteiger partial charge in [-0.05, 0) is 48.9 Å². The summed E-state index contributed by atoms with van der Waals surface area (Å²) in [6.07, 6.45) is 5.37. The predicted octanol–water partition coefficient (Wildman–Crippen LogP) is 7.84. The number of carbonyl (C=O) groups is 1. The molecule has 0 aliphatic rings. The van der Waals surface area contributed by atoms with Crippen molar-refractivity contribution in [2.24, 2.45) is 11.8 Å². The molecule has 8 nitrogen and oxygen atoms in total. The smallest absolute Gasteiger partial charge is 0.374 e. The quantitative estimate of drug-likeness (QED) is 0.162. The van der Waals surface area contributed by atoms with Gasteiger partial charge in [-0.25, -0.2) is 24.7 Å². The molecule has 0 atom stereocenters. The number of hydrogen-bond acceptors (Lipinski definition) is 6. The van der Waals surface area contributed by atoms with E-state index in [0.29, 0.717) is 23.5 Å². The van der Waals surface area contributed by atoms with Crippen molar-refractivity contribution in [3.8, 4) is 0 Å². The van der Waals surface area contributed by atoms with Crippen molar-refractivity contribution >= 4 is 63.1 Å². The number of halogens is 3. The summed E-state index contributed by atoms with van der Waals surface area (Å²) in [7, 11) is 1.36. The second-order valence-electron chi connectivity index (χ2n) is 9.22. The monoisotopic (exact) mass is 584 g/mol. The Bertz CT molecular complexity index is 1310. The van der Waals surface area contributed by atoms with Gasteiger partial charge in [0.25, 0.3) is 0 Å². The zero-order valence-corrected chi connectivity index (χ0v) is 23.3. The summed E-state index contributed by atoms with van der Waals surface area (Å²) in [5.41, 5.74) is 2.97. The van der Waals surface area contributed by atoms with Crippen LogP contribution in [0.1, 0.15) is 71.8 Å². The molecular formula is C27H39Cl3N6O2. The second kappa shape index (κ2) is 14.7. The first kappa shape index (κ1) is 33.6. The number of imidazole rings is 2. The largest absolute Gasteiger partial charge is 0.463 e. The summed E-state index contributed by atoms with van der Waals surface area (Å²) in [4.78, 5) is 29.0. The fourth-order valence-corrected chi connectivity index (χ4v) is 4.01. The van der Waals surface area contributed by atoms with Gasteiger partial charge in [-0.15, -0.1) is 0 Å². The highest BCUT2D eigenvalue weighted by molar-refractivity contribution is 6.66. The highest BCUT2D eigenvalue weighted by Crippen LogP contribution is 2.38. The van der Waals surface area contributed by atoms with Gasteiger partial charge in [0, 0.05) is 25.5 Å². The van der Waals surface area contributed by atoms with Crippen LogP contribution in [-0.2, 0) is 21.6 Å². The van der Waals surface area contributed by atoms with E-state index in [9.17, 15) is 4.79 Å². The topological polar surface area (TPSA) is 87.7 Å². The van der Waals surface area contributed by atoms with Crippen LogP contribution in [0.25, 0.3) is 22.3 Å². The Morgan fingerprint density at radius 2 is 1.34 bits per heavy atom. The molecule has 0 N–H and O–H groups in total. The number of fused-ring (bicyclic) bond motifs is 2. The number of carbonyl (C=O) groups excluding carboxylic acids is 1. The molecule has 210 valence electrons. The second-order valence-corrected chi connectivity index (χ2v) is 11.5. The molecule has 0 aliphatic carbocycles. The minimum Gasteiger partial charge on any atom is -0.463 e. The van der Waals surface area contributed by atoms with Crippen LogP contribution in [0.15, 0.2) is 36.7 Å². The number of hydrogen-bond donors (Lipinski definition) is 0. The molecule has 0 saturated heterocycles. The molecule has 0 bridgehead atoms. The number of nitrogens with zero attached hydrogens (tertiary/aromatic N) is 6. The van der Waals surface area contributed by atoms with Crippen molar-refractivity contribution in [3.05, 3.63) is 48.3 Å². The molecule has 0 spiro atoms. The van der Waals surface area contributed by atoms with E-state index in [2.05, 4.69) is 47.6 Å². The summed E-state index contributed by atoms with van der Waals surface area (Å²) in [6, 6.07) is 7.35. The van der Waals surface area contributed by atoms with Crippen LogP contribution in [0, 0.1) is 11.8 Å². The number of pyridine rings is 2. The van der Waals surface area contributed by atoms with Gasteiger partial charge in [0.1, 0.15) is 11.0 Å². The van der Waals surface area contributed by atoms with Gasteiger partial charge in [0.05, 0.1) is 7.11 Å². The van der Waals surface area contributed by atoms with Crippen LogP contribution in [-0.4, -0.2) is 42.1 Å². The van der Waals surface area contributed by atoms with Crippen molar-refractivity contribution in [2.45, 2.75) is 72.3 Å². The molecule has 0 unspecified atom stereocenters. The lowest BCUT2D eigenvalue weighted by molar-refractivity contribution is 0.0581. The first-order chi connectivity index (χ1) is 17.0. The zero-order chi connectivity index (χ0) is 26.5. The number of esters is 1. The molecule has 4 rings (SSSR count). The van der Waals surface area contributed by atoms with Gasteiger partial charge in [-0.3, -0.25) is 0 Å². The molecular weight excluding hydrogens is 547 g/mol. The third-order valence-corrected chi connectivity index (χ3v) is 6.00. The van der Waals surface area contributed by atoms with Crippen molar-refractivity contribution in [1.29, 1.82) is 0 Å². The molecule has 4 heterocycles. The zero-order valence-electron chi connectivity index (χ0n) is 21.1. The molecule has 0 fully saturated rings. The average Bonchev–Trinajstić information content (AvgIpc) is 3.40. The fraction of sp³-hybridized carbons (Fsp3) is 0.519. The Hall–Kier alpha value is -2.42. The summed E-state index contributed by atoms with van der Waals surface area (Å²) < 4.78 is 6.96. The Morgan fingerprint density at radius 1 is 0.868 bits per heavy atom. The van der Waals surface area contributed by atoms with Crippen molar-refractivity contribution < 1.29 is 9.53 Å². The standard InChI is InChI=1S/C13H17N3O2.C12H14Cl3N3.2CH4/c1-9(2)6-8-16-11-10(5-4-7-14-11)15-12(16)13(17)18-3;1-8(2)5-7-18-10-9(4-3-6-16-10)17-11(18)12(13,14)15;;/h4-5,7,9H,6,8H2,1-3H3;3-4,6,8H,5,7H2,1-2H3;2*1H4. The molecule has 0 radical (unpaired) electrons. The Kier molecular flexibility index (Phi) is 13.0. The van der Waals surface area contributed by atoms with Crippen LogP contribution in [0.5, 0.6) is 0 Å². The van der Waals surface area contributed by atoms with E-state index in [0.717, 1.165) is 48.3 Å². The summed E-state index contributed by atoms with van der Waals surface area (Å²) in [5.74, 6) is 1.46. The van der Waals surface area contributed by atoms with Gasteiger partial charge >= 0.3 is 5.97 Å². The first-order valence-electron chi connectivity index (χ1n) is 11.8. The van der Waals surface area contributed by atoms with E-state index in [4.69, 9.17) is 39.5 Å². The molecule has 4 aromatic rings. The minimum atomic E-state index is -1.53. The van der Waals surface area contributed by atoms with Gasteiger partial charge in [0.2, 0.25) is 9.62 Å².